The number of nitrogens with two attached hydrogens (primary N) is 1. The highest BCUT2D eigenvalue weighted by Gasteiger charge is 2.13. The molecule has 0 heterocycles. The highest BCUT2D eigenvalue weighted by atomic mass is 16.3. The highest BCUT2D eigenvalue weighted by Crippen LogP contribution is 2.29. The summed E-state index contributed by atoms with van der Waals surface area (Å²) in [6.07, 6.45) is 2.79. The van der Waals surface area contributed by atoms with Crippen LogP contribution in [-0.2, 0) is 0 Å². The van der Waals surface area contributed by atoms with E-state index >= 15 is 0 Å². The second-order valence-corrected chi connectivity index (χ2v) is 4.22. The standard InChI is InChI=1S/C15H13NO4/c16-12-7-11(18)8-14(20)15(12)13(19)6-3-9-1-4-10(17)5-2-9/h1-8,17-18,20H,16H2/b6-3+. The second kappa shape index (κ2) is 5.36. The lowest BCUT2D eigenvalue weighted by atomic mass is 10.1. The normalized spacial score (nSPS) is 10.8. The molecule has 0 atom stereocenters. The summed E-state index contributed by atoms with van der Waals surface area (Å²) in [6, 6.07) is 8.52. The lowest BCUT2D eigenvalue weighted by molar-refractivity contribution is 0.104. The van der Waals surface area contributed by atoms with Crippen LogP contribution < -0.4 is 5.73 Å². The number of phenols is 3. The number of benzene rings is 2. The van der Waals surface area contributed by atoms with Crippen LogP contribution in [0, 0.1) is 0 Å². The molecule has 0 radical (unpaired) electrons. The van der Waals surface area contributed by atoms with Gasteiger partial charge in [0.1, 0.15) is 17.2 Å². The maximum Gasteiger partial charge on any atom is 0.191 e. The van der Waals surface area contributed by atoms with Gasteiger partial charge in [0.25, 0.3) is 0 Å². The van der Waals surface area contributed by atoms with Crippen molar-refractivity contribution < 1.29 is 20.1 Å². The van der Waals surface area contributed by atoms with E-state index in [2.05, 4.69) is 0 Å². The Hall–Kier alpha value is -2.95. The van der Waals surface area contributed by atoms with Crippen molar-refractivity contribution in [2.24, 2.45) is 0 Å². The Balaban J connectivity index is 2.26. The molecular formula is C15H13NO4. The third-order valence-corrected chi connectivity index (χ3v) is 2.70. The van der Waals surface area contributed by atoms with E-state index in [1.807, 2.05) is 0 Å². The number of carbonyl (C=O) groups is 1. The number of rotatable bonds is 3. The van der Waals surface area contributed by atoms with Crippen LogP contribution in [0.4, 0.5) is 5.69 Å². The Labute approximate surface area is 115 Å². The lowest BCUT2D eigenvalue weighted by Gasteiger charge is -2.05. The molecule has 0 amide bonds. The van der Waals surface area contributed by atoms with Crippen LogP contribution in [0.15, 0.2) is 42.5 Å². The average Bonchev–Trinajstić information content (AvgIpc) is 2.37. The minimum absolute atomic E-state index is 0.00264. The van der Waals surface area contributed by atoms with Crippen molar-refractivity contribution in [1.29, 1.82) is 0 Å². The summed E-state index contributed by atoms with van der Waals surface area (Å²) < 4.78 is 0. The molecule has 2 aromatic carbocycles. The maximum atomic E-state index is 12.0. The quantitative estimate of drug-likeness (QED) is 0.389. The molecule has 5 N–H and O–H groups in total. The number of phenolic OH excluding ortho intramolecular Hbond substituents is 3. The average molecular weight is 271 g/mol. The Morgan fingerprint density at radius 2 is 1.65 bits per heavy atom. The van der Waals surface area contributed by atoms with Gasteiger partial charge in [0, 0.05) is 12.1 Å². The molecule has 2 rings (SSSR count). The predicted octanol–water partition coefficient (Wildman–Crippen LogP) is 2.28. The molecule has 0 fully saturated rings. The molecule has 0 spiro atoms. The molecule has 2 aromatic rings. The van der Waals surface area contributed by atoms with E-state index in [0.717, 1.165) is 6.07 Å². The van der Waals surface area contributed by atoms with Crippen LogP contribution in [0.2, 0.25) is 0 Å². The van der Waals surface area contributed by atoms with Gasteiger partial charge in [-0.2, -0.15) is 0 Å². The van der Waals surface area contributed by atoms with Gasteiger partial charge in [0.05, 0.1) is 11.3 Å². The zero-order chi connectivity index (χ0) is 14.7. The number of ketones is 1. The molecule has 0 saturated carbocycles. The Morgan fingerprint density at radius 1 is 1.00 bits per heavy atom. The van der Waals surface area contributed by atoms with Crippen molar-refractivity contribution in [3.8, 4) is 17.2 Å². The number of allylic oxidation sites excluding steroid dienone is 1. The SMILES string of the molecule is Nc1cc(O)cc(O)c1C(=O)/C=C/c1ccc(O)cc1. The van der Waals surface area contributed by atoms with Crippen LogP contribution >= 0.6 is 0 Å². The number of hydrogen-bond acceptors (Lipinski definition) is 5. The molecule has 0 saturated heterocycles. The van der Waals surface area contributed by atoms with Crippen molar-refractivity contribution in [3.63, 3.8) is 0 Å². The fraction of sp³-hybridized carbons (Fsp3) is 0. The Kier molecular flexibility index (Phi) is 3.61. The molecule has 0 bridgehead atoms. The fourth-order valence-corrected chi connectivity index (χ4v) is 1.74. The topological polar surface area (TPSA) is 104 Å². The fourth-order valence-electron chi connectivity index (χ4n) is 1.74. The van der Waals surface area contributed by atoms with Crippen LogP contribution in [0.1, 0.15) is 15.9 Å². The molecule has 20 heavy (non-hydrogen) atoms. The van der Waals surface area contributed by atoms with Gasteiger partial charge in [0.15, 0.2) is 5.78 Å². The molecular weight excluding hydrogens is 258 g/mol. The molecule has 5 nitrogen and oxygen atoms in total. The van der Waals surface area contributed by atoms with Crippen molar-refractivity contribution in [1.82, 2.24) is 0 Å². The van der Waals surface area contributed by atoms with Gasteiger partial charge in [-0.3, -0.25) is 4.79 Å². The van der Waals surface area contributed by atoms with E-state index in [4.69, 9.17) is 10.8 Å². The Bertz CT molecular complexity index is 652. The molecule has 0 aliphatic carbocycles. The van der Waals surface area contributed by atoms with E-state index in [1.165, 1.54) is 30.4 Å². The van der Waals surface area contributed by atoms with Crippen LogP contribution in [0.25, 0.3) is 6.08 Å². The summed E-state index contributed by atoms with van der Waals surface area (Å²) in [7, 11) is 0. The lowest BCUT2D eigenvalue weighted by Crippen LogP contribution is -2.01. The number of hydrogen-bond donors (Lipinski definition) is 4. The molecule has 102 valence electrons. The van der Waals surface area contributed by atoms with Crippen LogP contribution in [-0.4, -0.2) is 21.1 Å². The summed E-state index contributed by atoms with van der Waals surface area (Å²) in [5.74, 6) is -0.927. The van der Waals surface area contributed by atoms with Gasteiger partial charge in [-0.05, 0) is 23.8 Å². The smallest absolute Gasteiger partial charge is 0.191 e. The molecule has 0 unspecified atom stereocenters. The van der Waals surface area contributed by atoms with Gasteiger partial charge in [-0.25, -0.2) is 0 Å². The van der Waals surface area contributed by atoms with Gasteiger partial charge in [-0.1, -0.05) is 18.2 Å². The monoisotopic (exact) mass is 271 g/mol. The van der Waals surface area contributed by atoms with E-state index in [0.29, 0.717) is 5.56 Å². The summed E-state index contributed by atoms with van der Waals surface area (Å²) in [5.41, 5.74) is 6.26. The van der Waals surface area contributed by atoms with Gasteiger partial charge in [0.2, 0.25) is 0 Å². The zero-order valence-electron chi connectivity index (χ0n) is 10.4. The van der Waals surface area contributed by atoms with E-state index in [9.17, 15) is 15.0 Å². The third-order valence-electron chi connectivity index (χ3n) is 2.70. The molecule has 0 aromatic heterocycles. The first kappa shape index (κ1) is 13.5. The van der Waals surface area contributed by atoms with Crippen molar-refractivity contribution in [3.05, 3.63) is 53.6 Å². The predicted molar refractivity (Wildman–Crippen MR) is 75.7 cm³/mol. The molecule has 0 aliphatic heterocycles. The number of nitrogen functional groups attached to an aromatic ring is 1. The van der Waals surface area contributed by atoms with E-state index < -0.39 is 5.78 Å². The van der Waals surface area contributed by atoms with Crippen molar-refractivity contribution in [2.75, 3.05) is 5.73 Å². The highest BCUT2D eigenvalue weighted by molar-refractivity contribution is 6.12. The summed E-state index contributed by atoms with van der Waals surface area (Å²) >= 11 is 0. The minimum atomic E-state index is -0.479. The van der Waals surface area contributed by atoms with Crippen molar-refractivity contribution >= 4 is 17.5 Å². The minimum Gasteiger partial charge on any atom is -0.508 e. The van der Waals surface area contributed by atoms with Crippen molar-refractivity contribution in [2.45, 2.75) is 0 Å². The van der Waals surface area contributed by atoms with Crippen LogP contribution in [0.3, 0.4) is 0 Å². The van der Waals surface area contributed by atoms with E-state index in [1.54, 1.807) is 12.1 Å². The van der Waals surface area contributed by atoms with Crippen LogP contribution in [0.5, 0.6) is 17.2 Å². The third kappa shape index (κ3) is 2.89. The number of aromatic hydroxyl groups is 3. The maximum absolute atomic E-state index is 12.0. The van der Waals surface area contributed by atoms with Gasteiger partial charge in [-0.15, -0.1) is 0 Å². The number of anilines is 1. The Morgan fingerprint density at radius 3 is 2.25 bits per heavy atom. The van der Waals surface area contributed by atoms with Gasteiger partial charge >= 0.3 is 0 Å². The largest absolute Gasteiger partial charge is 0.508 e. The second-order valence-electron chi connectivity index (χ2n) is 4.22. The first-order valence-electron chi connectivity index (χ1n) is 5.80. The molecule has 0 aliphatic rings. The zero-order valence-corrected chi connectivity index (χ0v) is 10.4. The molecule has 5 heteroatoms. The summed E-state index contributed by atoms with van der Waals surface area (Å²) in [6.45, 7) is 0. The number of carbonyl (C=O) groups excluding carboxylic acids is 1. The first-order valence-corrected chi connectivity index (χ1v) is 5.80. The summed E-state index contributed by atoms with van der Waals surface area (Å²) in [4.78, 5) is 12.0. The van der Waals surface area contributed by atoms with Gasteiger partial charge < -0.3 is 21.1 Å². The first-order chi connectivity index (χ1) is 9.47. The summed E-state index contributed by atoms with van der Waals surface area (Å²) in [5, 5.41) is 28.0. The van der Waals surface area contributed by atoms with E-state index in [-0.39, 0.29) is 28.5 Å².